The van der Waals surface area contributed by atoms with E-state index in [1.165, 1.54) is 11.3 Å². The van der Waals surface area contributed by atoms with Gasteiger partial charge in [-0.15, -0.1) is 11.3 Å². The van der Waals surface area contributed by atoms with E-state index in [1.807, 2.05) is 6.07 Å². The number of benzene rings is 1. The van der Waals surface area contributed by atoms with Gasteiger partial charge in [-0.05, 0) is 23.6 Å². The number of para-hydroxylation sites is 1. The largest absolute Gasteiger partial charge is 0.320 e. The lowest BCUT2D eigenvalue weighted by Crippen LogP contribution is -2.13. The Labute approximate surface area is 117 Å². The fourth-order valence-electron chi connectivity index (χ4n) is 1.57. The molecule has 6 heteroatoms. The SMILES string of the molecule is C[S@@](=O)c1ccccc1NC(=O)c1sccc1C#N. The molecule has 0 aliphatic carbocycles. The fraction of sp³-hybridized carbons (Fsp3) is 0.0769. The van der Waals surface area contributed by atoms with Gasteiger partial charge in [-0.3, -0.25) is 9.00 Å². The van der Waals surface area contributed by atoms with Crippen LogP contribution in [0.15, 0.2) is 40.6 Å². The number of hydrogen-bond acceptors (Lipinski definition) is 4. The van der Waals surface area contributed by atoms with Gasteiger partial charge in [-0.1, -0.05) is 12.1 Å². The number of carbonyl (C=O) groups is 1. The molecule has 19 heavy (non-hydrogen) atoms. The molecule has 96 valence electrons. The molecule has 0 unspecified atom stereocenters. The summed E-state index contributed by atoms with van der Waals surface area (Å²) in [4.78, 5) is 13.0. The highest BCUT2D eigenvalue weighted by atomic mass is 32.2. The summed E-state index contributed by atoms with van der Waals surface area (Å²) in [6.07, 6.45) is 1.55. The van der Waals surface area contributed by atoms with Crippen LogP contribution in [0.2, 0.25) is 0 Å². The van der Waals surface area contributed by atoms with Gasteiger partial charge >= 0.3 is 0 Å². The second-order valence-corrected chi connectivity index (χ2v) is 5.94. The molecule has 0 radical (unpaired) electrons. The lowest BCUT2D eigenvalue weighted by Gasteiger charge is -2.08. The molecule has 0 aliphatic rings. The monoisotopic (exact) mass is 290 g/mol. The van der Waals surface area contributed by atoms with Crippen LogP contribution >= 0.6 is 11.3 Å². The smallest absolute Gasteiger partial charge is 0.267 e. The zero-order valence-corrected chi connectivity index (χ0v) is 11.7. The van der Waals surface area contributed by atoms with Crippen molar-refractivity contribution in [2.75, 3.05) is 11.6 Å². The van der Waals surface area contributed by atoms with Crippen LogP contribution in [0.5, 0.6) is 0 Å². The molecular formula is C13H10N2O2S2. The highest BCUT2D eigenvalue weighted by molar-refractivity contribution is 7.84. The van der Waals surface area contributed by atoms with Crippen LogP contribution in [0.4, 0.5) is 5.69 Å². The molecule has 1 amide bonds. The minimum absolute atomic E-state index is 0.345. The molecule has 2 aromatic rings. The quantitative estimate of drug-likeness (QED) is 0.944. The topological polar surface area (TPSA) is 70.0 Å². The normalized spacial score (nSPS) is 11.6. The maximum Gasteiger partial charge on any atom is 0.267 e. The van der Waals surface area contributed by atoms with E-state index in [4.69, 9.17) is 5.26 Å². The summed E-state index contributed by atoms with van der Waals surface area (Å²) in [5.41, 5.74) is 0.850. The van der Waals surface area contributed by atoms with Crippen molar-refractivity contribution in [3.8, 4) is 6.07 Å². The highest BCUT2D eigenvalue weighted by Gasteiger charge is 2.15. The van der Waals surface area contributed by atoms with Crippen LogP contribution in [0, 0.1) is 11.3 Å². The van der Waals surface area contributed by atoms with E-state index in [9.17, 15) is 9.00 Å². The first-order valence-electron chi connectivity index (χ1n) is 5.35. The average molecular weight is 290 g/mol. The second kappa shape index (κ2) is 5.78. The Bertz CT molecular complexity index is 686. The average Bonchev–Trinajstić information content (AvgIpc) is 2.87. The number of rotatable bonds is 3. The molecular weight excluding hydrogens is 280 g/mol. The van der Waals surface area contributed by atoms with Crippen molar-refractivity contribution in [2.24, 2.45) is 0 Å². The first-order valence-corrected chi connectivity index (χ1v) is 7.78. The summed E-state index contributed by atoms with van der Waals surface area (Å²) in [7, 11) is -1.19. The minimum Gasteiger partial charge on any atom is -0.320 e. The Morgan fingerprint density at radius 3 is 2.79 bits per heavy atom. The maximum absolute atomic E-state index is 12.1. The zero-order chi connectivity index (χ0) is 13.8. The molecule has 1 N–H and O–H groups in total. The Kier molecular flexibility index (Phi) is 4.10. The van der Waals surface area contributed by atoms with Crippen molar-refractivity contribution in [3.63, 3.8) is 0 Å². The van der Waals surface area contributed by atoms with Crippen molar-refractivity contribution in [2.45, 2.75) is 4.90 Å². The molecule has 4 nitrogen and oxygen atoms in total. The van der Waals surface area contributed by atoms with Crippen LogP contribution in [0.1, 0.15) is 15.2 Å². The molecule has 1 heterocycles. The van der Waals surface area contributed by atoms with E-state index in [2.05, 4.69) is 5.32 Å². The molecule has 0 aliphatic heterocycles. The third-order valence-corrected chi connectivity index (χ3v) is 4.33. The molecule has 0 bridgehead atoms. The van der Waals surface area contributed by atoms with E-state index in [1.54, 1.807) is 42.0 Å². The van der Waals surface area contributed by atoms with Gasteiger partial charge in [-0.25, -0.2) is 0 Å². The number of anilines is 1. The van der Waals surface area contributed by atoms with E-state index in [0.717, 1.165) is 0 Å². The van der Waals surface area contributed by atoms with Crippen molar-refractivity contribution in [3.05, 3.63) is 46.2 Å². The number of thiophene rings is 1. The fourth-order valence-corrected chi connectivity index (χ4v) is 3.01. The predicted octanol–water partition coefficient (Wildman–Crippen LogP) is 2.61. The third-order valence-electron chi connectivity index (χ3n) is 2.44. The molecule has 1 aromatic heterocycles. The highest BCUT2D eigenvalue weighted by Crippen LogP contribution is 2.22. The summed E-state index contributed by atoms with van der Waals surface area (Å²) in [5.74, 6) is -0.357. The van der Waals surface area contributed by atoms with Gasteiger partial charge in [0.25, 0.3) is 5.91 Å². The van der Waals surface area contributed by atoms with E-state index < -0.39 is 10.8 Å². The molecule has 1 aromatic carbocycles. The summed E-state index contributed by atoms with van der Waals surface area (Å²) in [6.45, 7) is 0. The summed E-state index contributed by atoms with van der Waals surface area (Å²) in [6, 6.07) is 10.5. The molecule has 0 spiro atoms. The zero-order valence-electron chi connectivity index (χ0n) is 10.0. The molecule has 0 saturated heterocycles. The summed E-state index contributed by atoms with van der Waals surface area (Å²) in [5, 5.41) is 13.3. The number of nitrogens with one attached hydrogen (secondary N) is 1. The minimum atomic E-state index is -1.19. The number of amides is 1. The Morgan fingerprint density at radius 2 is 2.11 bits per heavy atom. The molecule has 1 atom stereocenters. The Balaban J connectivity index is 2.30. The summed E-state index contributed by atoms with van der Waals surface area (Å²) >= 11 is 1.21. The Morgan fingerprint density at radius 1 is 1.37 bits per heavy atom. The lowest BCUT2D eigenvalue weighted by molar-refractivity contribution is 0.103. The van der Waals surface area contributed by atoms with Gasteiger partial charge in [0.1, 0.15) is 10.9 Å². The third kappa shape index (κ3) is 2.89. The Hall–Kier alpha value is -1.97. The van der Waals surface area contributed by atoms with Crippen molar-refractivity contribution >= 4 is 33.7 Å². The first-order chi connectivity index (χ1) is 9.13. The first kappa shape index (κ1) is 13.5. The standard InChI is InChI=1S/C13H10N2O2S2/c1-19(17)11-5-3-2-4-10(11)15-13(16)12-9(8-14)6-7-18-12/h2-7H,1H3,(H,15,16)/t19-/m1/s1. The van der Waals surface area contributed by atoms with Crippen molar-refractivity contribution in [1.82, 2.24) is 0 Å². The van der Waals surface area contributed by atoms with Gasteiger partial charge in [-0.2, -0.15) is 5.26 Å². The van der Waals surface area contributed by atoms with Gasteiger partial charge in [0.15, 0.2) is 0 Å². The molecule has 2 rings (SSSR count). The van der Waals surface area contributed by atoms with Crippen molar-refractivity contribution in [1.29, 1.82) is 5.26 Å². The van der Waals surface area contributed by atoms with E-state index in [0.29, 0.717) is 21.0 Å². The summed E-state index contributed by atoms with van der Waals surface area (Å²) < 4.78 is 11.6. The van der Waals surface area contributed by atoms with Crippen LogP contribution < -0.4 is 5.32 Å². The maximum atomic E-state index is 12.1. The van der Waals surface area contributed by atoms with Crippen LogP contribution in [0.3, 0.4) is 0 Å². The van der Waals surface area contributed by atoms with E-state index >= 15 is 0 Å². The van der Waals surface area contributed by atoms with Crippen LogP contribution in [0.25, 0.3) is 0 Å². The van der Waals surface area contributed by atoms with Gasteiger partial charge in [0.05, 0.1) is 26.9 Å². The van der Waals surface area contributed by atoms with Crippen LogP contribution in [-0.4, -0.2) is 16.4 Å². The van der Waals surface area contributed by atoms with Crippen LogP contribution in [-0.2, 0) is 10.8 Å². The van der Waals surface area contributed by atoms with E-state index in [-0.39, 0.29) is 5.91 Å². The van der Waals surface area contributed by atoms with Crippen molar-refractivity contribution < 1.29 is 9.00 Å². The molecule has 0 saturated carbocycles. The van der Waals surface area contributed by atoms with Gasteiger partial charge < -0.3 is 5.32 Å². The number of nitriles is 1. The number of hydrogen-bond donors (Lipinski definition) is 1. The number of nitrogens with zero attached hydrogens (tertiary/aromatic N) is 1. The second-order valence-electron chi connectivity index (χ2n) is 3.68. The van der Waals surface area contributed by atoms with Gasteiger partial charge in [0, 0.05) is 6.26 Å². The molecule has 0 fully saturated rings. The van der Waals surface area contributed by atoms with Gasteiger partial charge in [0.2, 0.25) is 0 Å². The number of carbonyl (C=O) groups excluding carboxylic acids is 1. The predicted molar refractivity (Wildman–Crippen MR) is 75.8 cm³/mol. The lowest BCUT2D eigenvalue weighted by atomic mass is 10.2.